The maximum absolute atomic E-state index is 12.5. The van der Waals surface area contributed by atoms with Gasteiger partial charge >= 0.3 is 6.03 Å². The number of aryl methyl sites for hydroxylation is 1. The summed E-state index contributed by atoms with van der Waals surface area (Å²) in [5, 5.41) is 3.10. The fourth-order valence-electron chi connectivity index (χ4n) is 3.18. The van der Waals surface area contributed by atoms with Gasteiger partial charge in [-0.25, -0.2) is 4.79 Å². The molecule has 0 unspecified atom stereocenters. The maximum Gasteiger partial charge on any atom is 0.317 e. The highest BCUT2D eigenvalue weighted by Crippen LogP contribution is 2.31. The number of amides is 3. The SMILES string of the molecule is Cc1ccc(C[C@H](C)NC(=O)N2CCCN(C(=O)C3CC3)CC2)s1. The van der Waals surface area contributed by atoms with Crippen molar-refractivity contribution in [2.24, 2.45) is 5.92 Å². The van der Waals surface area contributed by atoms with Crippen molar-refractivity contribution in [1.82, 2.24) is 15.1 Å². The average molecular weight is 350 g/mol. The minimum atomic E-state index is -0.00324. The number of thiophene rings is 1. The van der Waals surface area contributed by atoms with E-state index >= 15 is 0 Å². The van der Waals surface area contributed by atoms with Crippen molar-refractivity contribution < 1.29 is 9.59 Å². The zero-order chi connectivity index (χ0) is 17.1. The molecule has 1 aliphatic carbocycles. The molecule has 2 heterocycles. The van der Waals surface area contributed by atoms with Crippen LogP contribution in [0.15, 0.2) is 12.1 Å². The van der Waals surface area contributed by atoms with Gasteiger partial charge in [0, 0.05) is 54.3 Å². The van der Waals surface area contributed by atoms with Gasteiger partial charge in [-0.2, -0.15) is 0 Å². The van der Waals surface area contributed by atoms with Gasteiger partial charge in [-0.15, -0.1) is 11.3 Å². The molecular weight excluding hydrogens is 322 g/mol. The summed E-state index contributed by atoms with van der Waals surface area (Å²) >= 11 is 1.79. The van der Waals surface area contributed by atoms with Gasteiger partial charge in [0.15, 0.2) is 0 Å². The van der Waals surface area contributed by atoms with Crippen LogP contribution in [0.4, 0.5) is 4.79 Å². The van der Waals surface area contributed by atoms with Crippen molar-refractivity contribution >= 4 is 23.3 Å². The van der Waals surface area contributed by atoms with Gasteiger partial charge in [0.1, 0.15) is 0 Å². The third-order valence-electron chi connectivity index (χ3n) is 4.69. The first-order chi connectivity index (χ1) is 11.5. The molecule has 2 aliphatic rings. The Morgan fingerprint density at radius 1 is 1.21 bits per heavy atom. The van der Waals surface area contributed by atoms with Crippen molar-refractivity contribution in [1.29, 1.82) is 0 Å². The first-order valence-electron chi connectivity index (χ1n) is 8.92. The van der Waals surface area contributed by atoms with Crippen molar-refractivity contribution in [2.75, 3.05) is 26.2 Å². The lowest BCUT2D eigenvalue weighted by molar-refractivity contribution is -0.132. The summed E-state index contributed by atoms with van der Waals surface area (Å²) in [6.07, 6.45) is 3.81. The second-order valence-electron chi connectivity index (χ2n) is 7.01. The summed E-state index contributed by atoms with van der Waals surface area (Å²) in [6, 6.07) is 4.37. The quantitative estimate of drug-likeness (QED) is 0.908. The lowest BCUT2D eigenvalue weighted by Gasteiger charge is -2.24. The predicted octanol–water partition coefficient (Wildman–Crippen LogP) is 2.64. The first-order valence-corrected chi connectivity index (χ1v) is 9.74. The van der Waals surface area contributed by atoms with E-state index < -0.39 is 0 Å². The third kappa shape index (κ3) is 4.50. The van der Waals surface area contributed by atoms with Gasteiger partial charge in [-0.05, 0) is 45.2 Å². The first kappa shape index (κ1) is 17.3. The fraction of sp³-hybridized carbons (Fsp3) is 0.667. The number of hydrogen-bond donors (Lipinski definition) is 1. The molecule has 5 nitrogen and oxygen atoms in total. The summed E-state index contributed by atoms with van der Waals surface area (Å²) in [6.45, 7) is 6.96. The van der Waals surface area contributed by atoms with E-state index in [1.807, 2.05) is 16.7 Å². The van der Waals surface area contributed by atoms with Crippen LogP contribution in [0.25, 0.3) is 0 Å². The van der Waals surface area contributed by atoms with Crippen LogP contribution in [0, 0.1) is 12.8 Å². The van der Waals surface area contributed by atoms with Gasteiger partial charge in [0.2, 0.25) is 5.91 Å². The molecule has 1 aliphatic heterocycles. The van der Waals surface area contributed by atoms with Crippen molar-refractivity contribution in [3.8, 4) is 0 Å². The molecule has 0 bridgehead atoms. The highest BCUT2D eigenvalue weighted by molar-refractivity contribution is 7.11. The summed E-state index contributed by atoms with van der Waals surface area (Å²) in [5.74, 6) is 0.554. The van der Waals surface area contributed by atoms with E-state index in [-0.39, 0.29) is 18.0 Å². The van der Waals surface area contributed by atoms with E-state index in [1.54, 1.807) is 11.3 Å². The van der Waals surface area contributed by atoms with E-state index in [0.717, 1.165) is 38.8 Å². The van der Waals surface area contributed by atoms with Crippen molar-refractivity contribution in [2.45, 2.75) is 45.6 Å². The molecule has 1 N–H and O–H groups in total. The lowest BCUT2D eigenvalue weighted by atomic mass is 10.2. The Bertz CT molecular complexity index is 597. The second-order valence-corrected chi connectivity index (χ2v) is 8.38. The van der Waals surface area contributed by atoms with Gasteiger partial charge in [0.05, 0.1) is 0 Å². The highest BCUT2D eigenvalue weighted by atomic mass is 32.1. The Balaban J connectivity index is 1.46. The molecule has 1 saturated heterocycles. The monoisotopic (exact) mass is 349 g/mol. The van der Waals surface area contributed by atoms with Crippen LogP contribution >= 0.6 is 11.3 Å². The minimum absolute atomic E-state index is 0.00324. The largest absolute Gasteiger partial charge is 0.341 e. The molecule has 2 fully saturated rings. The molecule has 3 rings (SSSR count). The molecule has 3 amide bonds. The number of nitrogens with one attached hydrogen (secondary N) is 1. The van der Waals surface area contributed by atoms with E-state index in [2.05, 4.69) is 24.4 Å². The van der Waals surface area contributed by atoms with Crippen molar-refractivity contribution in [3.05, 3.63) is 21.9 Å². The number of nitrogens with zero attached hydrogens (tertiary/aromatic N) is 2. The molecular formula is C18H27N3O2S. The van der Waals surface area contributed by atoms with Gasteiger partial charge in [0.25, 0.3) is 0 Å². The Morgan fingerprint density at radius 3 is 2.58 bits per heavy atom. The van der Waals surface area contributed by atoms with Crippen LogP contribution in [0.2, 0.25) is 0 Å². The molecule has 0 radical (unpaired) electrons. The van der Waals surface area contributed by atoms with Gasteiger partial charge < -0.3 is 15.1 Å². The smallest absolute Gasteiger partial charge is 0.317 e. The normalized spacial score (nSPS) is 19.8. The molecule has 0 spiro atoms. The zero-order valence-corrected chi connectivity index (χ0v) is 15.4. The molecule has 132 valence electrons. The van der Waals surface area contributed by atoms with Crippen molar-refractivity contribution in [3.63, 3.8) is 0 Å². The van der Waals surface area contributed by atoms with Crippen LogP contribution in [0.1, 0.15) is 35.9 Å². The Hall–Kier alpha value is -1.56. The topological polar surface area (TPSA) is 52.7 Å². The van der Waals surface area contributed by atoms with Gasteiger partial charge in [-0.1, -0.05) is 0 Å². The molecule has 1 aromatic rings. The molecule has 24 heavy (non-hydrogen) atoms. The van der Waals surface area contributed by atoms with E-state index in [4.69, 9.17) is 0 Å². The third-order valence-corrected chi connectivity index (χ3v) is 5.72. The zero-order valence-electron chi connectivity index (χ0n) is 14.6. The summed E-state index contributed by atoms with van der Waals surface area (Å²) in [4.78, 5) is 31.1. The standard InChI is InChI=1S/C18H27N3O2S/c1-13(12-16-7-4-14(2)24-16)19-18(23)21-9-3-8-20(10-11-21)17(22)15-5-6-15/h4,7,13,15H,3,5-6,8-12H2,1-2H3,(H,19,23)/t13-/m0/s1. The highest BCUT2D eigenvalue weighted by Gasteiger charge is 2.34. The lowest BCUT2D eigenvalue weighted by Crippen LogP contribution is -2.46. The second kappa shape index (κ2) is 7.55. The average Bonchev–Trinajstić information content (AvgIpc) is 3.34. The van der Waals surface area contributed by atoms with Crippen LogP contribution in [-0.4, -0.2) is 54.0 Å². The van der Waals surface area contributed by atoms with E-state index in [9.17, 15) is 9.59 Å². The van der Waals surface area contributed by atoms with Crippen LogP contribution in [-0.2, 0) is 11.2 Å². The molecule has 1 aromatic heterocycles. The van der Waals surface area contributed by atoms with E-state index in [1.165, 1.54) is 9.75 Å². The molecule has 0 aromatic carbocycles. The minimum Gasteiger partial charge on any atom is -0.341 e. The summed E-state index contributed by atoms with van der Waals surface area (Å²) in [7, 11) is 0. The predicted molar refractivity (Wildman–Crippen MR) is 96.2 cm³/mol. The van der Waals surface area contributed by atoms with Crippen LogP contribution < -0.4 is 5.32 Å². The maximum atomic E-state index is 12.5. The van der Waals surface area contributed by atoms with Crippen LogP contribution in [0.5, 0.6) is 0 Å². The summed E-state index contributed by atoms with van der Waals surface area (Å²) < 4.78 is 0. The Kier molecular flexibility index (Phi) is 5.43. The number of rotatable bonds is 4. The Morgan fingerprint density at radius 2 is 1.92 bits per heavy atom. The molecule has 6 heteroatoms. The van der Waals surface area contributed by atoms with Crippen LogP contribution in [0.3, 0.4) is 0 Å². The number of carbonyl (C=O) groups is 2. The number of carbonyl (C=O) groups excluding carboxylic acids is 2. The summed E-state index contributed by atoms with van der Waals surface area (Å²) in [5.41, 5.74) is 0. The van der Waals surface area contributed by atoms with E-state index in [0.29, 0.717) is 19.0 Å². The molecule has 1 atom stereocenters. The number of hydrogen-bond acceptors (Lipinski definition) is 3. The number of urea groups is 1. The van der Waals surface area contributed by atoms with Gasteiger partial charge in [-0.3, -0.25) is 4.79 Å². The Labute approximate surface area is 148 Å². The molecule has 1 saturated carbocycles. The fourth-order valence-corrected chi connectivity index (χ4v) is 4.20.